The van der Waals surface area contributed by atoms with E-state index in [4.69, 9.17) is 30.8 Å². The van der Waals surface area contributed by atoms with E-state index in [1.165, 1.54) is 17.4 Å². The maximum absolute atomic E-state index is 13.9. The molecule has 3 heterocycles. The van der Waals surface area contributed by atoms with E-state index in [-0.39, 0.29) is 36.9 Å². The number of halogens is 3. The molecule has 3 N–H and O–H groups in total. The van der Waals surface area contributed by atoms with Crippen LogP contribution in [0.1, 0.15) is 83.4 Å². The molecule has 2 saturated heterocycles. The molecule has 2 aliphatic rings. The summed E-state index contributed by atoms with van der Waals surface area (Å²) in [4.78, 5) is 61.7. The highest BCUT2D eigenvalue weighted by Gasteiger charge is 2.51. The third-order valence-corrected chi connectivity index (χ3v) is 12.2. The smallest absolute Gasteiger partial charge is 0.417 e. The summed E-state index contributed by atoms with van der Waals surface area (Å²) >= 11 is 5.62. The molecule has 0 radical (unpaired) electrons. The first-order valence-electron chi connectivity index (χ1n) is 22.9. The molecule has 4 amide bonds. The summed E-state index contributed by atoms with van der Waals surface area (Å²) in [6, 6.07) is 17.0. The molecular weight excluding hydrogens is 932 g/mol. The third kappa shape index (κ3) is 13.1. The van der Waals surface area contributed by atoms with E-state index in [0.717, 1.165) is 34.6 Å². The number of anilines is 2. The van der Waals surface area contributed by atoms with Crippen LogP contribution in [0.2, 0.25) is 0 Å². The summed E-state index contributed by atoms with van der Waals surface area (Å²) in [7, 11) is 0. The second-order valence-corrected chi connectivity index (χ2v) is 19.0. The topological polar surface area (TPSA) is 200 Å². The molecule has 20 heteroatoms. The molecule has 0 bridgehead atoms. The van der Waals surface area contributed by atoms with Crippen LogP contribution in [0, 0.1) is 16.7 Å². The van der Waals surface area contributed by atoms with Gasteiger partial charge in [0.05, 0.1) is 41.8 Å². The van der Waals surface area contributed by atoms with Crippen LogP contribution in [-0.4, -0.2) is 107 Å². The van der Waals surface area contributed by atoms with Gasteiger partial charge in [-0.05, 0) is 105 Å². The molecule has 0 saturated carbocycles. The number of aliphatic hydroxyl groups excluding tert-OH is 1. The number of aliphatic hydroxyl groups is 1. The molecule has 0 spiro atoms. The lowest BCUT2D eigenvalue weighted by Crippen LogP contribution is -2.58. The lowest BCUT2D eigenvalue weighted by atomic mass is 9.85. The van der Waals surface area contributed by atoms with Crippen molar-refractivity contribution in [2.75, 3.05) is 49.4 Å². The first-order chi connectivity index (χ1) is 33.2. The molecular formula is C50H58F3N7O9S. The van der Waals surface area contributed by atoms with Crippen LogP contribution in [0.5, 0.6) is 5.75 Å². The summed E-state index contributed by atoms with van der Waals surface area (Å²) in [6.07, 6.45) is 0.125. The molecule has 2 aliphatic heterocycles. The molecule has 3 aromatic carbocycles. The van der Waals surface area contributed by atoms with Crippen LogP contribution in [-0.2, 0) is 41.4 Å². The second-order valence-electron chi connectivity index (χ2n) is 18.6. The van der Waals surface area contributed by atoms with Gasteiger partial charge in [-0.25, -0.2) is 4.98 Å². The molecule has 6 rings (SSSR count). The number of amides is 4. The predicted molar refractivity (Wildman–Crippen MR) is 256 cm³/mol. The Hall–Kier alpha value is -6.40. The Bertz CT molecular complexity index is 2510. The number of β-amino-alcohol motifs (C(OH)–C–C–N with tert-alkyl or cyclic N) is 1. The van der Waals surface area contributed by atoms with Crippen molar-refractivity contribution in [3.8, 4) is 23.1 Å². The van der Waals surface area contributed by atoms with Gasteiger partial charge in [0, 0.05) is 50.6 Å². The number of nitrogens with one attached hydrogen (secondary N) is 2. The zero-order chi connectivity index (χ0) is 50.8. The van der Waals surface area contributed by atoms with Crippen LogP contribution < -0.4 is 25.2 Å². The number of carbonyl (C=O) groups excluding carboxylic acids is 4. The van der Waals surface area contributed by atoms with Gasteiger partial charge >= 0.3 is 6.18 Å². The van der Waals surface area contributed by atoms with Crippen molar-refractivity contribution < 1.29 is 56.1 Å². The molecule has 70 heavy (non-hydrogen) atoms. The number of aromatic nitrogens is 1. The van der Waals surface area contributed by atoms with Gasteiger partial charge < -0.3 is 44.2 Å². The van der Waals surface area contributed by atoms with Crippen LogP contribution in [0.3, 0.4) is 0 Å². The summed E-state index contributed by atoms with van der Waals surface area (Å²) in [6.45, 7) is 10.3. The summed E-state index contributed by atoms with van der Waals surface area (Å²) in [5.74, 6) is -0.671. The first kappa shape index (κ1) is 53.0. The zero-order valence-electron chi connectivity index (χ0n) is 39.7. The Kier molecular flexibility index (Phi) is 17.4. The number of hydrogen-bond donors (Lipinski definition) is 3. The molecule has 1 aromatic heterocycles. The highest BCUT2D eigenvalue weighted by Crippen LogP contribution is 2.40. The minimum atomic E-state index is -4.80. The van der Waals surface area contributed by atoms with Gasteiger partial charge in [-0.3, -0.25) is 24.1 Å². The Balaban J connectivity index is 0.849. The Morgan fingerprint density at radius 1 is 0.957 bits per heavy atom. The molecule has 1 unspecified atom stereocenters. The number of unbranched alkanes of at least 4 members (excludes halogenated alkanes) is 2. The minimum Gasteiger partial charge on any atom is -0.494 e. The van der Waals surface area contributed by atoms with Crippen molar-refractivity contribution in [1.82, 2.24) is 20.5 Å². The molecule has 374 valence electrons. The molecule has 3 atom stereocenters. The highest BCUT2D eigenvalue weighted by atomic mass is 32.1. The van der Waals surface area contributed by atoms with Crippen LogP contribution in [0.25, 0.3) is 11.3 Å². The number of alkyl halides is 3. The maximum Gasteiger partial charge on any atom is 0.417 e. The fraction of sp³-hybridized carbons (Fsp3) is 0.460. The number of rotatable bonds is 21. The van der Waals surface area contributed by atoms with Crippen LogP contribution in [0.4, 0.5) is 24.5 Å². The number of carbonyl (C=O) groups is 4. The van der Waals surface area contributed by atoms with E-state index < -0.39 is 70.1 Å². The van der Waals surface area contributed by atoms with Gasteiger partial charge in [0.1, 0.15) is 30.0 Å². The van der Waals surface area contributed by atoms with Crippen molar-refractivity contribution >= 4 is 52.3 Å². The number of nitriles is 1. The fourth-order valence-electron chi connectivity index (χ4n) is 8.10. The summed E-state index contributed by atoms with van der Waals surface area (Å²) in [5, 5.41) is 25.4. The van der Waals surface area contributed by atoms with Gasteiger partial charge in [0.25, 0.3) is 5.91 Å². The van der Waals surface area contributed by atoms with E-state index in [0.29, 0.717) is 62.9 Å². The molecule has 4 aromatic rings. The first-order valence-corrected chi connectivity index (χ1v) is 23.3. The third-order valence-electron chi connectivity index (χ3n) is 11.9. The summed E-state index contributed by atoms with van der Waals surface area (Å²) in [5.41, 5.74) is -1.52. The van der Waals surface area contributed by atoms with Crippen LogP contribution in [0.15, 0.2) is 83.7 Å². The van der Waals surface area contributed by atoms with E-state index in [2.05, 4.69) is 15.6 Å². The van der Waals surface area contributed by atoms with Crippen molar-refractivity contribution in [3.05, 3.63) is 96.0 Å². The average Bonchev–Trinajstić information content (AvgIpc) is 4.04. The number of thiocarbonyl (C=S) groups is 1. The van der Waals surface area contributed by atoms with Crippen molar-refractivity contribution in [3.63, 3.8) is 0 Å². The second kappa shape index (κ2) is 23.0. The number of likely N-dealkylation sites (tertiary alicyclic amines) is 1. The highest BCUT2D eigenvalue weighted by molar-refractivity contribution is 7.81. The lowest BCUT2D eigenvalue weighted by molar-refractivity contribution is -0.144. The van der Waals surface area contributed by atoms with Gasteiger partial charge in [0.15, 0.2) is 17.3 Å². The van der Waals surface area contributed by atoms with Gasteiger partial charge in [0.2, 0.25) is 17.7 Å². The Morgan fingerprint density at radius 3 is 2.21 bits per heavy atom. The number of ether oxygens (including phenoxy) is 3. The maximum atomic E-state index is 13.9. The Labute approximate surface area is 410 Å². The van der Waals surface area contributed by atoms with Crippen molar-refractivity contribution in [2.45, 2.75) is 103 Å². The molecule has 0 aliphatic carbocycles. The number of oxazole rings is 1. The number of nitrogens with zero attached hydrogens (tertiary/aromatic N) is 5. The normalized spacial score (nSPS) is 17.4. The van der Waals surface area contributed by atoms with Crippen molar-refractivity contribution in [2.24, 2.45) is 5.41 Å². The van der Waals surface area contributed by atoms with Crippen LogP contribution >= 0.6 is 12.2 Å². The van der Waals surface area contributed by atoms with E-state index >= 15 is 0 Å². The lowest BCUT2D eigenvalue weighted by Gasteiger charge is -2.35. The quantitative estimate of drug-likeness (QED) is 0.0574. The van der Waals surface area contributed by atoms with E-state index in [9.17, 15) is 42.7 Å². The fourth-order valence-corrected chi connectivity index (χ4v) is 8.62. The standard InChI is InChI=1S/C50H58F3N7O9S/c1-48(2,3)43(45(64)58-29-37(61)25-40(58)44(63)56-27-32-10-12-33(13-11-32)41-28-55-31-69-41)57-42(62)30-67-22-7-6-20-66-21-8-9-23-68-38-18-16-35(17-19-38)60-47(70)59(46(65)49(60,4)5)36-15-14-34(26-54)39(24-36)50(51,52)53/h10-19,24,28,31,37,40,43,61H,6-9,20-23,25,27,29-30H2,1-5H3,(H,56,63)(H,57,62)/t37-,40+,43?/m1/s1. The van der Waals surface area contributed by atoms with E-state index in [1.54, 1.807) is 55.3 Å². The SMILES string of the molecule is CC(C)(C)C(NC(=O)COCCCCOCCCCOc1ccc(N2C(=S)N(c3ccc(C#N)c(C(F)(F)F)c3)C(=O)C2(C)C)cc1)C(=O)N1C[C@H](O)C[C@H]1C(=O)NCc1ccc(-c2cnco2)cc1. The Morgan fingerprint density at radius 2 is 1.60 bits per heavy atom. The van der Waals surface area contributed by atoms with Gasteiger partial charge in [-0.1, -0.05) is 45.0 Å². The minimum absolute atomic E-state index is 0.00298. The average molecular weight is 990 g/mol. The monoisotopic (exact) mass is 989 g/mol. The number of hydrogen-bond acceptors (Lipinski definition) is 12. The predicted octanol–water partition coefficient (Wildman–Crippen LogP) is 6.93. The summed E-state index contributed by atoms with van der Waals surface area (Å²) < 4.78 is 63.7. The van der Waals surface area contributed by atoms with Crippen molar-refractivity contribution in [1.29, 1.82) is 5.26 Å². The number of benzene rings is 3. The van der Waals surface area contributed by atoms with Gasteiger partial charge in [-0.15, -0.1) is 0 Å². The zero-order valence-corrected chi connectivity index (χ0v) is 40.5. The molecule has 16 nitrogen and oxygen atoms in total. The largest absolute Gasteiger partial charge is 0.494 e. The molecule has 2 fully saturated rings. The van der Waals surface area contributed by atoms with Gasteiger partial charge in [-0.2, -0.15) is 18.4 Å². The van der Waals surface area contributed by atoms with E-state index in [1.807, 2.05) is 45.0 Å².